The summed E-state index contributed by atoms with van der Waals surface area (Å²) in [5.74, 6) is 0.393. The normalized spacial score (nSPS) is 18.5. The minimum Gasteiger partial charge on any atom is -0.494 e. The van der Waals surface area contributed by atoms with Gasteiger partial charge in [0.05, 0.1) is 24.0 Å². The standard InChI is InChI=1S/C25H29N3O5S/c1-3-33-21-8-10-22(11-9-21)34(31,32)27-16-14-26(15-17-27)25(30)18-24-23-7-5-4-6-20(23)12-13-28(24)19(2)29/h4-13,24H,3,14-18H2,1-2H3/t24-/m0/s1. The molecule has 8 nitrogen and oxygen atoms in total. The van der Waals surface area contributed by atoms with Crippen molar-refractivity contribution in [2.24, 2.45) is 0 Å². The summed E-state index contributed by atoms with van der Waals surface area (Å²) in [5.41, 5.74) is 1.93. The van der Waals surface area contributed by atoms with Gasteiger partial charge in [-0.1, -0.05) is 24.3 Å². The van der Waals surface area contributed by atoms with Gasteiger partial charge in [-0.2, -0.15) is 4.31 Å². The Balaban J connectivity index is 1.41. The van der Waals surface area contributed by atoms with Gasteiger partial charge in [0.25, 0.3) is 0 Å². The maximum absolute atomic E-state index is 13.2. The van der Waals surface area contributed by atoms with Crippen molar-refractivity contribution in [3.63, 3.8) is 0 Å². The Morgan fingerprint density at radius 1 is 1.00 bits per heavy atom. The summed E-state index contributed by atoms with van der Waals surface area (Å²) in [6, 6.07) is 13.7. The quantitative estimate of drug-likeness (QED) is 0.631. The Bertz CT molecular complexity index is 1190. The Morgan fingerprint density at radius 3 is 2.32 bits per heavy atom. The molecule has 2 heterocycles. The van der Waals surface area contributed by atoms with Crippen LogP contribution < -0.4 is 4.74 Å². The number of amides is 2. The first-order valence-electron chi connectivity index (χ1n) is 11.4. The number of sulfonamides is 1. The fourth-order valence-corrected chi connectivity index (χ4v) is 5.83. The van der Waals surface area contributed by atoms with E-state index in [9.17, 15) is 18.0 Å². The lowest BCUT2D eigenvalue weighted by molar-refractivity contribution is -0.135. The molecule has 0 bridgehead atoms. The van der Waals surface area contributed by atoms with Gasteiger partial charge in [-0.05, 0) is 48.4 Å². The predicted octanol–water partition coefficient (Wildman–Crippen LogP) is 2.88. The summed E-state index contributed by atoms with van der Waals surface area (Å²) in [4.78, 5) is 28.8. The average molecular weight is 484 g/mol. The highest BCUT2D eigenvalue weighted by atomic mass is 32.2. The van der Waals surface area contributed by atoms with Crippen molar-refractivity contribution < 1.29 is 22.7 Å². The van der Waals surface area contributed by atoms with E-state index in [-0.39, 0.29) is 42.3 Å². The van der Waals surface area contributed by atoms with E-state index in [1.807, 2.05) is 37.3 Å². The lowest BCUT2D eigenvalue weighted by Gasteiger charge is -2.37. The van der Waals surface area contributed by atoms with Crippen LogP contribution in [0, 0.1) is 0 Å². The SMILES string of the molecule is CCOc1ccc(S(=O)(=O)N2CCN(C(=O)C[C@H]3c4ccccc4C=CN3C(C)=O)CC2)cc1. The van der Waals surface area contributed by atoms with Gasteiger partial charge in [0.2, 0.25) is 21.8 Å². The van der Waals surface area contributed by atoms with Gasteiger partial charge < -0.3 is 14.5 Å². The molecule has 2 aliphatic heterocycles. The summed E-state index contributed by atoms with van der Waals surface area (Å²) >= 11 is 0. The number of carbonyl (C=O) groups excluding carboxylic acids is 2. The maximum Gasteiger partial charge on any atom is 0.243 e. The first-order valence-corrected chi connectivity index (χ1v) is 12.8. The number of ether oxygens (including phenoxy) is 1. The summed E-state index contributed by atoms with van der Waals surface area (Å²) in [6.07, 6.45) is 3.75. The van der Waals surface area contributed by atoms with E-state index in [4.69, 9.17) is 4.74 Å². The molecule has 0 saturated carbocycles. The number of piperazine rings is 1. The number of fused-ring (bicyclic) bond motifs is 1. The predicted molar refractivity (Wildman–Crippen MR) is 128 cm³/mol. The van der Waals surface area contributed by atoms with Crippen LogP contribution in [0.25, 0.3) is 6.08 Å². The molecule has 2 amide bonds. The van der Waals surface area contributed by atoms with E-state index in [2.05, 4.69) is 0 Å². The molecule has 9 heteroatoms. The van der Waals surface area contributed by atoms with Crippen molar-refractivity contribution in [2.75, 3.05) is 32.8 Å². The topological polar surface area (TPSA) is 87.2 Å². The van der Waals surface area contributed by atoms with E-state index in [1.54, 1.807) is 40.3 Å². The summed E-state index contributed by atoms with van der Waals surface area (Å²) < 4.78 is 32.9. The summed E-state index contributed by atoms with van der Waals surface area (Å²) in [5, 5.41) is 0. The van der Waals surface area contributed by atoms with Crippen molar-refractivity contribution in [3.8, 4) is 5.75 Å². The molecule has 34 heavy (non-hydrogen) atoms. The molecule has 1 atom stereocenters. The van der Waals surface area contributed by atoms with Crippen LogP contribution in [0.4, 0.5) is 0 Å². The van der Waals surface area contributed by atoms with Gasteiger partial charge in [-0.15, -0.1) is 0 Å². The molecule has 1 saturated heterocycles. The number of benzene rings is 2. The third kappa shape index (κ3) is 4.85. The maximum atomic E-state index is 13.2. The smallest absolute Gasteiger partial charge is 0.243 e. The molecule has 0 unspecified atom stereocenters. The molecule has 0 aliphatic carbocycles. The number of rotatable bonds is 6. The van der Waals surface area contributed by atoms with E-state index < -0.39 is 10.0 Å². The Labute approximate surface area is 200 Å². The highest BCUT2D eigenvalue weighted by Crippen LogP contribution is 2.33. The first kappa shape index (κ1) is 24.0. The molecule has 0 spiro atoms. The third-order valence-electron chi connectivity index (χ3n) is 6.20. The molecule has 0 N–H and O–H groups in total. The molecule has 0 radical (unpaired) electrons. The number of hydrogen-bond donors (Lipinski definition) is 0. The molecule has 1 fully saturated rings. The largest absolute Gasteiger partial charge is 0.494 e. The van der Waals surface area contributed by atoms with Crippen LogP contribution in [-0.2, 0) is 19.6 Å². The summed E-state index contributed by atoms with van der Waals surface area (Å²) in [7, 11) is -3.65. The van der Waals surface area contributed by atoms with Gasteiger partial charge in [-0.25, -0.2) is 8.42 Å². The van der Waals surface area contributed by atoms with E-state index >= 15 is 0 Å². The second-order valence-corrected chi connectivity index (χ2v) is 10.2. The van der Waals surface area contributed by atoms with Gasteiger partial charge >= 0.3 is 0 Å². The van der Waals surface area contributed by atoms with Crippen LogP contribution in [0.2, 0.25) is 0 Å². The second-order valence-electron chi connectivity index (χ2n) is 8.28. The molecule has 4 rings (SSSR count). The van der Waals surface area contributed by atoms with Crippen molar-refractivity contribution in [2.45, 2.75) is 31.2 Å². The van der Waals surface area contributed by atoms with Gasteiger partial charge in [-0.3, -0.25) is 9.59 Å². The second kappa shape index (κ2) is 9.99. The molecular weight excluding hydrogens is 454 g/mol. The Hall–Kier alpha value is -3.17. The zero-order valence-electron chi connectivity index (χ0n) is 19.4. The third-order valence-corrected chi connectivity index (χ3v) is 8.11. The van der Waals surface area contributed by atoms with E-state index in [1.165, 1.54) is 11.2 Å². The molecule has 0 aromatic heterocycles. The van der Waals surface area contributed by atoms with Crippen molar-refractivity contribution in [1.29, 1.82) is 0 Å². The average Bonchev–Trinajstić information content (AvgIpc) is 2.84. The van der Waals surface area contributed by atoms with Crippen molar-refractivity contribution in [3.05, 3.63) is 65.9 Å². The fraction of sp³-hybridized carbons (Fsp3) is 0.360. The zero-order valence-corrected chi connectivity index (χ0v) is 20.2. The molecule has 2 aromatic carbocycles. The Morgan fingerprint density at radius 2 is 1.68 bits per heavy atom. The van der Waals surface area contributed by atoms with E-state index in [0.717, 1.165) is 11.1 Å². The fourth-order valence-electron chi connectivity index (χ4n) is 4.41. The highest BCUT2D eigenvalue weighted by Gasteiger charge is 2.33. The van der Waals surface area contributed by atoms with Gasteiger partial charge in [0.15, 0.2) is 0 Å². The number of carbonyl (C=O) groups is 2. The lowest BCUT2D eigenvalue weighted by atomic mass is 9.93. The van der Waals surface area contributed by atoms with Gasteiger partial charge in [0, 0.05) is 39.3 Å². The van der Waals surface area contributed by atoms with Crippen LogP contribution >= 0.6 is 0 Å². The first-order chi connectivity index (χ1) is 16.3. The van der Waals surface area contributed by atoms with Gasteiger partial charge in [0.1, 0.15) is 5.75 Å². The van der Waals surface area contributed by atoms with Crippen molar-refractivity contribution in [1.82, 2.24) is 14.1 Å². The van der Waals surface area contributed by atoms with Crippen LogP contribution in [0.5, 0.6) is 5.75 Å². The highest BCUT2D eigenvalue weighted by molar-refractivity contribution is 7.89. The molecule has 180 valence electrons. The van der Waals surface area contributed by atoms with Crippen LogP contribution in [0.1, 0.15) is 37.4 Å². The monoisotopic (exact) mass is 483 g/mol. The molecule has 2 aliphatic rings. The number of nitrogens with zero attached hydrogens (tertiary/aromatic N) is 3. The molecular formula is C25H29N3O5S. The lowest BCUT2D eigenvalue weighted by Crippen LogP contribution is -2.51. The van der Waals surface area contributed by atoms with Crippen LogP contribution in [0.15, 0.2) is 59.6 Å². The van der Waals surface area contributed by atoms with Crippen molar-refractivity contribution >= 4 is 27.9 Å². The van der Waals surface area contributed by atoms with Crippen LogP contribution in [-0.4, -0.2) is 67.1 Å². The van der Waals surface area contributed by atoms with Crippen LogP contribution in [0.3, 0.4) is 0 Å². The minimum absolute atomic E-state index is 0.0977. The number of hydrogen-bond acceptors (Lipinski definition) is 5. The summed E-state index contributed by atoms with van der Waals surface area (Å²) in [6.45, 7) is 4.92. The zero-order chi connectivity index (χ0) is 24.3. The Kier molecular flexibility index (Phi) is 7.04. The minimum atomic E-state index is -3.65. The molecule has 2 aromatic rings. The van der Waals surface area contributed by atoms with E-state index in [0.29, 0.717) is 25.4 Å².